The fraction of sp³-hybridized carbons (Fsp3) is 0.933. The van der Waals surface area contributed by atoms with Gasteiger partial charge in [0.1, 0.15) is 0 Å². The van der Waals surface area contributed by atoms with Crippen molar-refractivity contribution < 1.29 is 4.79 Å². The van der Waals surface area contributed by atoms with Crippen LogP contribution in [0.2, 0.25) is 0 Å². The van der Waals surface area contributed by atoms with E-state index in [4.69, 9.17) is 5.73 Å². The largest absolute Gasteiger partial charge is 0.339 e. The van der Waals surface area contributed by atoms with Gasteiger partial charge in [-0.3, -0.25) is 4.79 Å². The number of nitrogens with two attached hydrogens (primary N) is 1. The Balaban J connectivity index is 1.91. The van der Waals surface area contributed by atoms with Gasteiger partial charge in [-0.2, -0.15) is 0 Å². The van der Waals surface area contributed by atoms with E-state index in [2.05, 4.69) is 11.8 Å². The SMILES string of the molecule is CCCC(N)CC(=O)N1CCC[C@H]2CCCC[C@H]21. The minimum atomic E-state index is 0.0615. The van der Waals surface area contributed by atoms with Gasteiger partial charge in [0, 0.05) is 25.0 Å². The summed E-state index contributed by atoms with van der Waals surface area (Å²) >= 11 is 0. The maximum atomic E-state index is 12.4. The molecule has 0 aromatic rings. The minimum absolute atomic E-state index is 0.0615. The van der Waals surface area contributed by atoms with Crippen LogP contribution in [0.15, 0.2) is 0 Å². The molecule has 18 heavy (non-hydrogen) atoms. The smallest absolute Gasteiger partial charge is 0.224 e. The normalized spacial score (nSPS) is 29.8. The Hall–Kier alpha value is -0.570. The van der Waals surface area contributed by atoms with E-state index in [0.29, 0.717) is 18.4 Å². The fourth-order valence-electron chi connectivity index (χ4n) is 3.75. The van der Waals surface area contributed by atoms with Crippen molar-refractivity contribution in [3.8, 4) is 0 Å². The predicted molar refractivity (Wildman–Crippen MR) is 74.2 cm³/mol. The van der Waals surface area contributed by atoms with Crippen LogP contribution < -0.4 is 5.73 Å². The second-order valence-electron chi connectivity index (χ2n) is 6.09. The number of rotatable bonds is 4. The summed E-state index contributed by atoms with van der Waals surface area (Å²) in [5, 5.41) is 0. The summed E-state index contributed by atoms with van der Waals surface area (Å²) in [5.74, 6) is 1.09. The third kappa shape index (κ3) is 3.25. The second kappa shape index (κ2) is 6.55. The molecule has 1 aliphatic carbocycles. The zero-order valence-corrected chi connectivity index (χ0v) is 11.7. The molecule has 0 radical (unpaired) electrons. The summed E-state index contributed by atoms with van der Waals surface area (Å²) < 4.78 is 0. The van der Waals surface area contributed by atoms with E-state index < -0.39 is 0 Å². The molecule has 1 heterocycles. The molecule has 1 saturated heterocycles. The first-order chi connectivity index (χ1) is 8.72. The molecule has 0 spiro atoms. The number of carbonyl (C=O) groups is 1. The van der Waals surface area contributed by atoms with Crippen LogP contribution in [0.1, 0.15) is 64.7 Å². The average molecular weight is 252 g/mol. The Bertz CT molecular complexity index is 278. The summed E-state index contributed by atoms with van der Waals surface area (Å²) in [7, 11) is 0. The molecule has 3 atom stereocenters. The number of hydrogen-bond acceptors (Lipinski definition) is 2. The molecule has 2 rings (SSSR count). The van der Waals surface area contributed by atoms with Crippen LogP contribution in [0.5, 0.6) is 0 Å². The first-order valence-electron chi connectivity index (χ1n) is 7.77. The highest BCUT2D eigenvalue weighted by atomic mass is 16.2. The van der Waals surface area contributed by atoms with Crippen molar-refractivity contribution in [1.29, 1.82) is 0 Å². The van der Waals surface area contributed by atoms with Crippen LogP contribution in [0.3, 0.4) is 0 Å². The lowest BCUT2D eigenvalue weighted by Gasteiger charge is -2.44. The zero-order valence-electron chi connectivity index (χ0n) is 11.7. The first kappa shape index (κ1) is 13.9. The Morgan fingerprint density at radius 3 is 2.78 bits per heavy atom. The van der Waals surface area contributed by atoms with Crippen LogP contribution in [0.4, 0.5) is 0 Å². The zero-order chi connectivity index (χ0) is 13.0. The van der Waals surface area contributed by atoms with Gasteiger partial charge in [0.05, 0.1) is 0 Å². The monoisotopic (exact) mass is 252 g/mol. The van der Waals surface area contributed by atoms with Crippen LogP contribution in [0, 0.1) is 5.92 Å². The van der Waals surface area contributed by atoms with Crippen LogP contribution in [-0.4, -0.2) is 29.4 Å². The molecule has 2 N–H and O–H groups in total. The third-order valence-electron chi connectivity index (χ3n) is 4.66. The van der Waals surface area contributed by atoms with Gasteiger partial charge in [-0.1, -0.05) is 26.2 Å². The molecule has 3 heteroatoms. The molecule has 0 aromatic heterocycles. The van der Waals surface area contributed by atoms with Crippen molar-refractivity contribution >= 4 is 5.91 Å². The van der Waals surface area contributed by atoms with E-state index >= 15 is 0 Å². The maximum Gasteiger partial charge on any atom is 0.224 e. The summed E-state index contributed by atoms with van der Waals surface area (Å²) in [5.41, 5.74) is 6.01. The molecule has 104 valence electrons. The van der Waals surface area contributed by atoms with E-state index in [9.17, 15) is 4.79 Å². The van der Waals surface area contributed by atoms with Crippen molar-refractivity contribution in [1.82, 2.24) is 4.90 Å². The maximum absolute atomic E-state index is 12.4. The van der Waals surface area contributed by atoms with E-state index in [0.717, 1.165) is 25.3 Å². The van der Waals surface area contributed by atoms with Crippen molar-refractivity contribution in [3.63, 3.8) is 0 Å². The van der Waals surface area contributed by atoms with Gasteiger partial charge < -0.3 is 10.6 Å². The third-order valence-corrected chi connectivity index (χ3v) is 4.66. The Morgan fingerprint density at radius 2 is 2.00 bits per heavy atom. The van der Waals surface area contributed by atoms with Crippen LogP contribution in [0.25, 0.3) is 0 Å². The van der Waals surface area contributed by atoms with Gasteiger partial charge in [0.2, 0.25) is 5.91 Å². The molecule has 1 aliphatic heterocycles. The Kier molecular flexibility index (Phi) is 5.04. The minimum Gasteiger partial charge on any atom is -0.339 e. The second-order valence-corrected chi connectivity index (χ2v) is 6.09. The summed E-state index contributed by atoms with van der Waals surface area (Å²) in [6, 6.07) is 0.597. The molecular formula is C15H28N2O. The number of piperidine rings is 1. The molecule has 0 bridgehead atoms. The molecule has 1 amide bonds. The summed E-state index contributed by atoms with van der Waals surface area (Å²) in [4.78, 5) is 14.6. The van der Waals surface area contributed by atoms with Crippen LogP contribution in [-0.2, 0) is 4.79 Å². The van der Waals surface area contributed by atoms with Crippen molar-refractivity contribution in [2.45, 2.75) is 76.8 Å². The van der Waals surface area contributed by atoms with Gasteiger partial charge in [-0.05, 0) is 38.0 Å². The fourth-order valence-corrected chi connectivity index (χ4v) is 3.75. The number of likely N-dealkylation sites (tertiary alicyclic amines) is 1. The molecule has 0 aromatic carbocycles. The lowest BCUT2D eigenvalue weighted by molar-refractivity contribution is -0.137. The number of amides is 1. The molecule has 1 unspecified atom stereocenters. The van der Waals surface area contributed by atoms with Crippen molar-refractivity contribution in [2.75, 3.05) is 6.54 Å². The Morgan fingerprint density at radius 1 is 1.28 bits per heavy atom. The summed E-state index contributed by atoms with van der Waals surface area (Å²) in [6.45, 7) is 3.10. The Labute approximate surface area is 111 Å². The quantitative estimate of drug-likeness (QED) is 0.836. The highest BCUT2D eigenvalue weighted by molar-refractivity contribution is 5.77. The van der Waals surface area contributed by atoms with Crippen molar-refractivity contribution in [3.05, 3.63) is 0 Å². The molecule has 3 nitrogen and oxygen atoms in total. The molecule has 1 saturated carbocycles. The lowest BCUT2D eigenvalue weighted by Crippen LogP contribution is -2.50. The van der Waals surface area contributed by atoms with Gasteiger partial charge >= 0.3 is 0 Å². The van der Waals surface area contributed by atoms with Gasteiger partial charge in [0.25, 0.3) is 0 Å². The van der Waals surface area contributed by atoms with E-state index in [1.807, 2.05) is 0 Å². The summed E-state index contributed by atoms with van der Waals surface area (Å²) in [6.07, 6.45) is 10.3. The average Bonchev–Trinajstić information content (AvgIpc) is 2.38. The lowest BCUT2D eigenvalue weighted by atomic mass is 9.78. The van der Waals surface area contributed by atoms with E-state index in [1.165, 1.54) is 38.5 Å². The van der Waals surface area contributed by atoms with Gasteiger partial charge in [-0.25, -0.2) is 0 Å². The highest BCUT2D eigenvalue weighted by Crippen LogP contribution is 2.35. The highest BCUT2D eigenvalue weighted by Gasteiger charge is 2.35. The van der Waals surface area contributed by atoms with E-state index in [-0.39, 0.29) is 6.04 Å². The molecule has 2 aliphatic rings. The molecule has 2 fully saturated rings. The number of carbonyl (C=O) groups excluding carboxylic acids is 1. The van der Waals surface area contributed by atoms with Gasteiger partial charge in [0.15, 0.2) is 0 Å². The predicted octanol–water partition coefficient (Wildman–Crippen LogP) is 2.69. The topological polar surface area (TPSA) is 46.3 Å². The van der Waals surface area contributed by atoms with Crippen molar-refractivity contribution in [2.24, 2.45) is 11.7 Å². The number of hydrogen-bond donors (Lipinski definition) is 1. The van der Waals surface area contributed by atoms with Crippen LogP contribution >= 0.6 is 0 Å². The molecular weight excluding hydrogens is 224 g/mol. The number of nitrogens with zero attached hydrogens (tertiary/aromatic N) is 1. The van der Waals surface area contributed by atoms with Gasteiger partial charge in [-0.15, -0.1) is 0 Å². The first-order valence-corrected chi connectivity index (χ1v) is 7.77. The van der Waals surface area contributed by atoms with E-state index in [1.54, 1.807) is 0 Å². The standard InChI is InChI=1S/C15H28N2O/c1-2-6-13(16)11-15(18)17-10-5-8-12-7-3-4-9-14(12)17/h12-14H,2-11,16H2,1H3/t12-,13?,14-/m1/s1. The number of fused-ring (bicyclic) bond motifs is 1.